The Morgan fingerprint density at radius 1 is 1.29 bits per heavy atom. The van der Waals surface area contributed by atoms with Crippen LogP contribution in [0.2, 0.25) is 0 Å². The molecule has 7 heteroatoms. The molecule has 1 aromatic rings. The first-order valence-electron chi connectivity index (χ1n) is 5.62. The highest BCUT2D eigenvalue weighted by molar-refractivity contribution is 4.93. The largest absolute Gasteiger partial charge is 0.455 e. The molecule has 0 amide bonds. The Bertz CT molecular complexity index is 377. The van der Waals surface area contributed by atoms with E-state index in [9.17, 15) is 13.2 Å². The maximum absolute atomic E-state index is 12.2. The van der Waals surface area contributed by atoms with Crippen molar-refractivity contribution in [3.63, 3.8) is 0 Å². The van der Waals surface area contributed by atoms with Gasteiger partial charge in [0.2, 0.25) is 5.89 Å². The van der Waals surface area contributed by atoms with Crippen LogP contribution in [-0.2, 0) is 12.6 Å². The van der Waals surface area contributed by atoms with Crippen LogP contribution in [0.4, 0.5) is 13.2 Å². The van der Waals surface area contributed by atoms with Crippen LogP contribution in [0.3, 0.4) is 0 Å². The number of alkyl halides is 3. The minimum atomic E-state index is -4.55. The topological polar surface area (TPSA) is 64.9 Å². The number of hydrogen-bond acceptors (Lipinski definition) is 4. The molecule has 0 aromatic carbocycles. The van der Waals surface area contributed by atoms with E-state index in [1.54, 1.807) is 0 Å². The summed E-state index contributed by atoms with van der Waals surface area (Å²) < 4.78 is 41.3. The predicted octanol–water partition coefficient (Wildman–Crippen LogP) is 2.15. The SMILES string of the molecule is NC1CCCCC1Cc1nc(C(F)(F)F)no1. The van der Waals surface area contributed by atoms with Crippen molar-refractivity contribution in [2.75, 3.05) is 0 Å². The van der Waals surface area contributed by atoms with E-state index >= 15 is 0 Å². The smallest absolute Gasteiger partial charge is 0.339 e. The van der Waals surface area contributed by atoms with Gasteiger partial charge in [-0.05, 0) is 18.8 Å². The van der Waals surface area contributed by atoms with Gasteiger partial charge < -0.3 is 10.3 Å². The predicted molar refractivity (Wildman–Crippen MR) is 52.9 cm³/mol. The highest BCUT2D eigenvalue weighted by Crippen LogP contribution is 2.29. The monoisotopic (exact) mass is 249 g/mol. The quantitative estimate of drug-likeness (QED) is 0.872. The average molecular weight is 249 g/mol. The van der Waals surface area contributed by atoms with Gasteiger partial charge in [-0.2, -0.15) is 18.2 Å². The van der Waals surface area contributed by atoms with E-state index in [0.29, 0.717) is 6.42 Å². The minimum Gasteiger partial charge on any atom is -0.339 e. The second-order valence-corrected chi connectivity index (χ2v) is 4.42. The van der Waals surface area contributed by atoms with Gasteiger partial charge in [0.1, 0.15) is 0 Å². The lowest BCUT2D eigenvalue weighted by atomic mass is 9.83. The summed E-state index contributed by atoms with van der Waals surface area (Å²) in [6.07, 6.45) is -0.259. The fourth-order valence-electron chi connectivity index (χ4n) is 2.17. The molecule has 0 saturated heterocycles. The van der Waals surface area contributed by atoms with E-state index in [0.717, 1.165) is 25.7 Å². The van der Waals surface area contributed by atoms with Crippen LogP contribution < -0.4 is 5.73 Å². The van der Waals surface area contributed by atoms with Gasteiger partial charge in [0, 0.05) is 12.5 Å². The fourth-order valence-corrected chi connectivity index (χ4v) is 2.17. The number of nitrogens with zero attached hydrogens (tertiary/aromatic N) is 2. The van der Waals surface area contributed by atoms with Gasteiger partial charge in [0.15, 0.2) is 0 Å². The molecule has 1 heterocycles. The van der Waals surface area contributed by atoms with Crippen molar-refractivity contribution in [2.45, 2.75) is 44.3 Å². The molecule has 0 spiro atoms. The molecular weight excluding hydrogens is 235 g/mol. The molecule has 1 fully saturated rings. The van der Waals surface area contributed by atoms with Gasteiger partial charge >= 0.3 is 6.18 Å². The van der Waals surface area contributed by atoms with Gasteiger partial charge in [-0.25, -0.2) is 0 Å². The van der Waals surface area contributed by atoms with Crippen LogP contribution >= 0.6 is 0 Å². The molecule has 17 heavy (non-hydrogen) atoms. The molecular formula is C10H14F3N3O. The van der Waals surface area contributed by atoms with Crippen molar-refractivity contribution >= 4 is 0 Å². The van der Waals surface area contributed by atoms with Crippen LogP contribution in [0.15, 0.2) is 4.52 Å². The highest BCUT2D eigenvalue weighted by Gasteiger charge is 2.37. The molecule has 0 aliphatic heterocycles. The Kier molecular flexibility index (Phi) is 3.37. The third-order valence-electron chi connectivity index (χ3n) is 3.13. The Balaban J connectivity index is 2.01. The minimum absolute atomic E-state index is 0.0185. The zero-order valence-corrected chi connectivity index (χ0v) is 9.20. The van der Waals surface area contributed by atoms with Crippen LogP contribution in [0.25, 0.3) is 0 Å². The van der Waals surface area contributed by atoms with Crippen molar-refractivity contribution in [3.8, 4) is 0 Å². The van der Waals surface area contributed by atoms with Gasteiger partial charge in [-0.15, -0.1) is 0 Å². The Hall–Kier alpha value is -1.11. The second kappa shape index (κ2) is 4.64. The molecule has 2 N–H and O–H groups in total. The summed E-state index contributed by atoms with van der Waals surface area (Å²) >= 11 is 0. The summed E-state index contributed by atoms with van der Waals surface area (Å²) in [5, 5.41) is 2.93. The standard InChI is InChI=1S/C10H14F3N3O/c11-10(12,13)9-15-8(17-16-9)5-6-3-1-2-4-7(6)14/h6-7H,1-5,14H2. The van der Waals surface area contributed by atoms with Crippen LogP contribution in [0, 0.1) is 5.92 Å². The molecule has 2 rings (SSSR count). The van der Waals surface area contributed by atoms with Gasteiger partial charge in [-0.1, -0.05) is 18.0 Å². The van der Waals surface area contributed by atoms with E-state index in [4.69, 9.17) is 5.73 Å². The van der Waals surface area contributed by atoms with Gasteiger partial charge in [0.05, 0.1) is 0 Å². The molecule has 1 aliphatic carbocycles. The van der Waals surface area contributed by atoms with Crippen LogP contribution in [0.1, 0.15) is 37.4 Å². The third-order valence-corrected chi connectivity index (χ3v) is 3.13. The molecule has 1 aromatic heterocycles. The number of nitrogens with two attached hydrogens (primary N) is 1. The molecule has 1 aliphatic rings. The number of halogens is 3. The van der Waals surface area contributed by atoms with Crippen molar-refractivity contribution in [3.05, 3.63) is 11.7 Å². The lowest BCUT2D eigenvalue weighted by Crippen LogP contribution is -2.34. The molecule has 4 nitrogen and oxygen atoms in total. The zero-order chi connectivity index (χ0) is 12.5. The summed E-state index contributed by atoms with van der Waals surface area (Å²) in [6.45, 7) is 0. The molecule has 0 bridgehead atoms. The Labute approximate surface area is 96.4 Å². The highest BCUT2D eigenvalue weighted by atomic mass is 19.4. The summed E-state index contributed by atoms with van der Waals surface area (Å²) in [7, 11) is 0. The normalized spacial score (nSPS) is 26.1. The molecule has 96 valence electrons. The van der Waals surface area contributed by atoms with Gasteiger partial charge in [0.25, 0.3) is 5.82 Å². The number of hydrogen-bond donors (Lipinski definition) is 1. The first-order chi connectivity index (χ1) is 7.97. The summed E-state index contributed by atoms with van der Waals surface area (Å²) in [4.78, 5) is 3.35. The lowest BCUT2D eigenvalue weighted by Gasteiger charge is -2.27. The summed E-state index contributed by atoms with van der Waals surface area (Å²) in [6, 6.07) is 0.0185. The van der Waals surface area contributed by atoms with Crippen molar-refractivity contribution in [2.24, 2.45) is 11.7 Å². The molecule has 0 radical (unpaired) electrons. The van der Waals surface area contributed by atoms with E-state index in [1.165, 1.54) is 0 Å². The summed E-state index contributed by atoms with van der Waals surface area (Å²) in [5.41, 5.74) is 5.91. The fraction of sp³-hybridized carbons (Fsp3) is 0.800. The van der Waals surface area contributed by atoms with Crippen molar-refractivity contribution in [1.29, 1.82) is 0 Å². The maximum atomic E-state index is 12.2. The van der Waals surface area contributed by atoms with Crippen LogP contribution in [-0.4, -0.2) is 16.2 Å². The van der Waals surface area contributed by atoms with Crippen molar-refractivity contribution < 1.29 is 17.7 Å². The Morgan fingerprint density at radius 3 is 2.59 bits per heavy atom. The molecule has 2 atom stereocenters. The second-order valence-electron chi connectivity index (χ2n) is 4.42. The molecule has 1 saturated carbocycles. The van der Waals surface area contributed by atoms with E-state index in [2.05, 4.69) is 14.7 Å². The van der Waals surface area contributed by atoms with E-state index in [-0.39, 0.29) is 17.9 Å². The van der Waals surface area contributed by atoms with Crippen LogP contribution in [0.5, 0.6) is 0 Å². The van der Waals surface area contributed by atoms with E-state index in [1.807, 2.05) is 0 Å². The first kappa shape index (κ1) is 12.3. The Morgan fingerprint density at radius 2 is 2.00 bits per heavy atom. The lowest BCUT2D eigenvalue weighted by molar-refractivity contribution is -0.146. The molecule has 2 unspecified atom stereocenters. The zero-order valence-electron chi connectivity index (χ0n) is 9.20. The first-order valence-corrected chi connectivity index (χ1v) is 5.62. The third kappa shape index (κ3) is 2.96. The van der Waals surface area contributed by atoms with E-state index < -0.39 is 12.0 Å². The number of aromatic nitrogens is 2. The van der Waals surface area contributed by atoms with Crippen molar-refractivity contribution in [1.82, 2.24) is 10.1 Å². The number of rotatable bonds is 2. The summed E-state index contributed by atoms with van der Waals surface area (Å²) in [5.74, 6) is -1.04. The average Bonchev–Trinajstić information content (AvgIpc) is 2.69. The van der Waals surface area contributed by atoms with Gasteiger partial charge in [-0.3, -0.25) is 0 Å². The maximum Gasteiger partial charge on any atom is 0.455 e.